The van der Waals surface area contributed by atoms with Crippen molar-refractivity contribution in [2.45, 2.75) is 58.6 Å². The van der Waals surface area contributed by atoms with Gasteiger partial charge in [-0.25, -0.2) is 9.78 Å². The lowest BCUT2D eigenvalue weighted by molar-refractivity contribution is -0.145. The fourth-order valence-corrected chi connectivity index (χ4v) is 5.02. The molecule has 1 saturated heterocycles. The number of H-pyrrole nitrogens is 1. The van der Waals surface area contributed by atoms with Crippen molar-refractivity contribution in [2.24, 2.45) is 0 Å². The molecule has 1 atom stereocenters. The van der Waals surface area contributed by atoms with E-state index in [-0.39, 0.29) is 6.04 Å². The van der Waals surface area contributed by atoms with Crippen LogP contribution in [0.5, 0.6) is 0 Å². The first-order valence-electron chi connectivity index (χ1n) is 11.1. The molecule has 4 rings (SSSR count). The zero-order valence-corrected chi connectivity index (χ0v) is 20.4. The molecule has 10 nitrogen and oxygen atoms in total. The van der Waals surface area contributed by atoms with Gasteiger partial charge in [0.1, 0.15) is 11.4 Å². The summed E-state index contributed by atoms with van der Waals surface area (Å²) in [5.41, 5.74) is 1.29. The van der Waals surface area contributed by atoms with Gasteiger partial charge in [0.15, 0.2) is 0 Å². The number of ether oxygens (including phenoxy) is 1. The Balaban J connectivity index is 1.43. The van der Waals surface area contributed by atoms with Crippen molar-refractivity contribution in [3.63, 3.8) is 0 Å². The first-order valence-corrected chi connectivity index (χ1v) is 11.9. The number of carbonyl (C=O) groups excluding carboxylic acids is 3. The number of carbonyl (C=O) groups is 3. The van der Waals surface area contributed by atoms with E-state index in [1.165, 1.54) is 6.20 Å². The highest BCUT2D eigenvalue weighted by molar-refractivity contribution is 7.19. The Morgan fingerprint density at radius 1 is 1.18 bits per heavy atom. The van der Waals surface area contributed by atoms with Crippen LogP contribution >= 0.6 is 11.3 Å². The van der Waals surface area contributed by atoms with Gasteiger partial charge in [-0.1, -0.05) is 0 Å². The van der Waals surface area contributed by atoms with Crippen LogP contribution in [0.2, 0.25) is 0 Å². The normalized spacial score (nSPS) is 16.4. The molecule has 0 saturated carbocycles. The number of anilines is 2. The second kappa shape index (κ2) is 9.41. The third-order valence-electron chi connectivity index (χ3n) is 5.39. The topological polar surface area (TPSA) is 129 Å². The van der Waals surface area contributed by atoms with Crippen molar-refractivity contribution in [3.8, 4) is 0 Å². The van der Waals surface area contributed by atoms with Gasteiger partial charge in [-0.15, -0.1) is 11.3 Å². The Morgan fingerprint density at radius 3 is 2.68 bits per heavy atom. The first-order chi connectivity index (χ1) is 16.1. The molecule has 0 radical (unpaired) electrons. The van der Waals surface area contributed by atoms with E-state index in [9.17, 15) is 14.4 Å². The molecule has 4 heterocycles. The van der Waals surface area contributed by atoms with Crippen LogP contribution in [0.4, 0.5) is 16.3 Å². The smallest absolute Gasteiger partial charge is 0.413 e. The lowest BCUT2D eigenvalue weighted by Crippen LogP contribution is -2.44. The van der Waals surface area contributed by atoms with Crippen LogP contribution in [0.15, 0.2) is 24.5 Å². The molecule has 3 aromatic heterocycles. The SMILES string of the molecule is Cc1cc(NC(=O)C(=O)N2CCCC[C@H]2c2cc3[nH]ncc3s2)cnc1NC(=O)OC(C)(C)C. The van der Waals surface area contributed by atoms with Crippen molar-refractivity contribution < 1.29 is 19.1 Å². The molecule has 1 aliphatic heterocycles. The lowest BCUT2D eigenvalue weighted by atomic mass is 10.0. The Hall–Kier alpha value is -3.47. The second-order valence-corrected chi connectivity index (χ2v) is 10.4. The lowest BCUT2D eigenvalue weighted by Gasteiger charge is -2.34. The monoisotopic (exact) mass is 484 g/mol. The summed E-state index contributed by atoms with van der Waals surface area (Å²) in [6, 6.07) is 3.51. The minimum absolute atomic E-state index is 0.141. The third-order valence-corrected chi connectivity index (χ3v) is 6.56. The average molecular weight is 485 g/mol. The standard InChI is InChI=1S/C23H28N6O4S/c1-13-9-14(11-24-19(13)27-22(32)33-23(2,3)4)26-20(30)21(31)29-8-6-5-7-16(29)17-10-15-18(34-17)12-25-28-15/h9-12,16H,5-8H2,1-4H3,(H,25,28)(H,26,30)(H,24,27,32)/t16-/m0/s1. The number of aromatic amines is 1. The molecule has 0 spiro atoms. The maximum Gasteiger partial charge on any atom is 0.413 e. The van der Waals surface area contributed by atoms with Gasteiger partial charge < -0.3 is 15.0 Å². The molecule has 34 heavy (non-hydrogen) atoms. The molecular formula is C23H28N6O4S. The Kier molecular flexibility index (Phi) is 6.56. The number of fused-ring (bicyclic) bond motifs is 1. The summed E-state index contributed by atoms with van der Waals surface area (Å²) in [6.07, 6.45) is 5.20. The van der Waals surface area contributed by atoms with Crippen LogP contribution in [0.25, 0.3) is 10.2 Å². The van der Waals surface area contributed by atoms with Gasteiger partial charge in [-0.2, -0.15) is 5.10 Å². The molecule has 1 aliphatic rings. The van der Waals surface area contributed by atoms with E-state index < -0.39 is 23.5 Å². The average Bonchev–Trinajstić information content (AvgIpc) is 3.36. The van der Waals surface area contributed by atoms with Crippen molar-refractivity contribution >= 4 is 51.0 Å². The highest BCUT2D eigenvalue weighted by Gasteiger charge is 2.33. The van der Waals surface area contributed by atoms with Crippen molar-refractivity contribution in [2.75, 3.05) is 17.2 Å². The molecule has 180 valence electrons. The highest BCUT2D eigenvalue weighted by Crippen LogP contribution is 2.37. The molecule has 3 N–H and O–H groups in total. The maximum absolute atomic E-state index is 13.1. The number of amides is 3. The van der Waals surface area contributed by atoms with Gasteiger partial charge in [0.2, 0.25) is 0 Å². The Labute approximate surface area is 201 Å². The van der Waals surface area contributed by atoms with E-state index in [1.807, 2.05) is 6.07 Å². The summed E-state index contributed by atoms with van der Waals surface area (Å²) in [6.45, 7) is 7.58. The zero-order chi connectivity index (χ0) is 24.5. The molecule has 0 aliphatic carbocycles. The number of nitrogens with one attached hydrogen (secondary N) is 3. The number of aromatic nitrogens is 3. The van der Waals surface area contributed by atoms with E-state index in [1.54, 1.807) is 56.2 Å². The second-order valence-electron chi connectivity index (χ2n) is 9.28. The van der Waals surface area contributed by atoms with Crippen molar-refractivity contribution in [1.82, 2.24) is 20.1 Å². The summed E-state index contributed by atoms with van der Waals surface area (Å²) in [7, 11) is 0. The van der Waals surface area contributed by atoms with Crippen molar-refractivity contribution in [3.05, 3.63) is 35.0 Å². The third kappa shape index (κ3) is 5.36. The maximum atomic E-state index is 13.1. The van der Waals surface area contributed by atoms with Crippen LogP contribution in [-0.2, 0) is 14.3 Å². The largest absolute Gasteiger partial charge is 0.444 e. The first kappa shape index (κ1) is 23.7. The van der Waals surface area contributed by atoms with E-state index in [4.69, 9.17) is 4.74 Å². The molecule has 3 aromatic rings. The van der Waals surface area contributed by atoms with Gasteiger partial charge in [-0.3, -0.25) is 20.0 Å². The number of piperidine rings is 1. The number of thiophene rings is 1. The Bertz CT molecular complexity index is 1200. The summed E-state index contributed by atoms with van der Waals surface area (Å²) in [5.74, 6) is -0.976. The number of nitrogens with zero attached hydrogens (tertiary/aromatic N) is 3. The summed E-state index contributed by atoms with van der Waals surface area (Å²) >= 11 is 1.58. The number of aryl methyl sites for hydroxylation is 1. The predicted octanol–water partition coefficient (Wildman–Crippen LogP) is 4.37. The molecular weight excluding hydrogens is 456 g/mol. The number of hydrogen-bond donors (Lipinski definition) is 3. The molecule has 1 fully saturated rings. The van der Waals surface area contributed by atoms with Crippen LogP contribution < -0.4 is 10.6 Å². The Morgan fingerprint density at radius 2 is 1.97 bits per heavy atom. The van der Waals surface area contributed by atoms with Crippen LogP contribution in [0.1, 0.15) is 56.5 Å². The van der Waals surface area contributed by atoms with E-state index in [0.717, 1.165) is 34.4 Å². The van der Waals surface area contributed by atoms with Gasteiger partial charge in [0, 0.05) is 11.4 Å². The molecule has 0 unspecified atom stereocenters. The molecule has 0 aromatic carbocycles. The summed E-state index contributed by atoms with van der Waals surface area (Å²) in [5, 5.41) is 12.2. The van der Waals surface area contributed by atoms with Crippen LogP contribution in [0.3, 0.4) is 0 Å². The summed E-state index contributed by atoms with van der Waals surface area (Å²) < 4.78 is 6.26. The van der Waals surface area contributed by atoms with Crippen molar-refractivity contribution in [1.29, 1.82) is 0 Å². The van der Waals surface area contributed by atoms with Crippen LogP contribution in [0, 0.1) is 6.92 Å². The number of pyridine rings is 1. The predicted molar refractivity (Wildman–Crippen MR) is 130 cm³/mol. The quantitative estimate of drug-likeness (QED) is 0.474. The molecule has 0 bridgehead atoms. The fraction of sp³-hybridized carbons (Fsp3) is 0.435. The van der Waals surface area contributed by atoms with Gasteiger partial charge >= 0.3 is 17.9 Å². The number of rotatable bonds is 3. The molecule has 3 amide bonds. The number of hydrogen-bond acceptors (Lipinski definition) is 7. The number of likely N-dealkylation sites (tertiary alicyclic amines) is 1. The van der Waals surface area contributed by atoms with Crippen LogP contribution in [-0.4, -0.2) is 50.1 Å². The zero-order valence-electron chi connectivity index (χ0n) is 19.6. The van der Waals surface area contributed by atoms with E-state index in [2.05, 4.69) is 25.8 Å². The fourth-order valence-electron chi connectivity index (χ4n) is 3.89. The van der Waals surface area contributed by atoms with E-state index >= 15 is 0 Å². The van der Waals surface area contributed by atoms with Gasteiger partial charge in [0.05, 0.1) is 34.3 Å². The van der Waals surface area contributed by atoms with Gasteiger partial charge in [0.25, 0.3) is 0 Å². The summed E-state index contributed by atoms with van der Waals surface area (Å²) in [4.78, 5) is 44.8. The molecule has 11 heteroatoms. The minimum atomic E-state index is -0.718. The highest BCUT2D eigenvalue weighted by atomic mass is 32.1. The van der Waals surface area contributed by atoms with E-state index in [0.29, 0.717) is 23.6 Å². The van der Waals surface area contributed by atoms with Gasteiger partial charge in [-0.05, 0) is 64.7 Å². The minimum Gasteiger partial charge on any atom is -0.444 e.